The first-order valence-electron chi connectivity index (χ1n) is 9.37. The monoisotopic (exact) mass is 364 g/mol. The van der Waals surface area contributed by atoms with Gasteiger partial charge in [0.25, 0.3) is 5.91 Å². The van der Waals surface area contributed by atoms with Crippen molar-refractivity contribution in [3.8, 4) is 0 Å². The Morgan fingerprint density at radius 1 is 0.926 bits per heavy atom. The number of likely N-dealkylation sites (tertiary alicyclic amines) is 1. The lowest BCUT2D eigenvalue weighted by Gasteiger charge is -2.15. The van der Waals surface area contributed by atoms with Crippen molar-refractivity contribution in [1.29, 1.82) is 0 Å². The molecule has 2 aromatic carbocycles. The highest BCUT2D eigenvalue weighted by Gasteiger charge is 2.28. The molecular formula is C22H24N2O3. The van der Waals surface area contributed by atoms with Crippen LogP contribution in [0.5, 0.6) is 0 Å². The zero-order valence-corrected chi connectivity index (χ0v) is 15.7. The average Bonchev–Trinajstić information content (AvgIpc) is 3.00. The highest BCUT2D eigenvalue weighted by Crippen LogP contribution is 2.23. The first-order valence-corrected chi connectivity index (χ1v) is 9.37. The number of aryl methyl sites for hydroxylation is 2. The van der Waals surface area contributed by atoms with Crippen molar-refractivity contribution in [3.05, 3.63) is 64.7 Å². The molecule has 0 unspecified atom stereocenters. The number of benzene rings is 2. The number of anilines is 1. The van der Waals surface area contributed by atoms with Crippen LogP contribution in [0, 0.1) is 0 Å². The van der Waals surface area contributed by atoms with Crippen molar-refractivity contribution < 1.29 is 14.4 Å². The summed E-state index contributed by atoms with van der Waals surface area (Å²) in [4.78, 5) is 37.4. The van der Waals surface area contributed by atoms with Gasteiger partial charge in [-0.15, -0.1) is 0 Å². The van der Waals surface area contributed by atoms with Crippen LogP contribution in [0.25, 0.3) is 0 Å². The van der Waals surface area contributed by atoms with Crippen molar-refractivity contribution in [1.82, 2.24) is 4.90 Å². The molecule has 1 N–H and O–H groups in total. The van der Waals surface area contributed by atoms with Gasteiger partial charge in [-0.1, -0.05) is 44.2 Å². The lowest BCUT2D eigenvalue weighted by atomic mass is 10.0. The molecule has 3 rings (SSSR count). The summed E-state index contributed by atoms with van der Waals surface area (Å²) in [5, 5.41) is 3.05. The molecule has 1 aliphatic heterocycles. The lowest BCUT2D eigenvalue weighted by Crippen LogP contribution is -2.28. The molecule has 1 aliphatic rings. The van der Waals surface area contributed by atoms with Crippen molar-refractivity contribution in [3.63, 3.8) is 0 Å². The smallest absolute Gasteiger partial charge is 0.255 e. The van der Waals surface area contributed by atoms with Crippen LogP contribution in [0.2, 0.25) is 0 Å². The molecule has 1 heterocycles. The van der Waals surface area contributed by atoms with Gasteiger partial charge in [0.2, 0.25) is 11.8 Å². The predicted octanol–water partition coefficient (Wildman–Crippen LogP) is 3.71. The zero-order valence-electron chi connectivity index (χ0n) is 15.7. The van der Waals surface area contributed by atoms with Crippen molar-refractivity contribution in [2.75, 3.05) is 5.32 Å². The topological polar surface area (TPSA) is 66.5 Å². The van der Waals surface area contributed by atoms with Gasteiger partial charge in [0.05, 0.1) is 6.54 Å². The van der Waals surface area contributed by atoms with Crippen molar-refractivity contribution >= 4 is 23.4 Å². The van der Waals surface area contributed by atoms with E-state index in [0.717, 1.165) is 35.2 Å². The van der Waals surface area contributed by atoms with Crippen LogP contribution >= 0.6 is 0 Å². The van der Waals surface area contributed by atoms with Gasteiger partial charge in [0, 0.05) is 24.1 Å². The normalized spacial score (nSPS) is 13.9. The Kier molecular flexibility index (Phi) is 5.69. The molecule has 27 heavy (non-hydrogen) atoms. The molecule has 0 spiro atoms. The van der Waals surface area contributed by atoms with E-state index in [0.29, 0.717) is 5.56 Å². The minimum absolute atomic E-state index is 0.134. The molecule has 2 aromatic rings. The molecule has 1 fully saturated rings. The SMILES string of the molecule is CCc1cccc(CC)c1NC(=O)c1ccc(CN2C(=O)CCC2=O)cc1. The fraction of sp³-hybridized carbons (Fsp3) is 0.318. The fourth-order valence-corrected chi connectivity index (χ4v) is 3.33. The Hall–Kier alpha value is -2.95. The quantitative estimate of drug-likeness (QED) is 0.795. The van der Waals surface area contributed by atoms with Gasteiger partial charge < -0.3 is 5.32 Å². The summed E-state index contributed by atoms with van der Waals surface area (Å²) in [5.41, 5.74) is 4.50. The van der Waals surface area contributed by atoms with Crippen molar-refractivity contribution in [2.45, 2.75) is 46.1 Å². The Bertz CT molecular complexity index is 833. The first-order chi connectivity index (χ1) is 13.0. The van der Waals surface area contributed by atoms with Crippen LogP contribution in [0.1, 0.15) is 53.7 Å². The van der Waals surface area contributed by atoms with E-state index in [1.165, 1.54) is 4.90 Å². The molecule has 0 saturated carbocycles. The summed E-state index contributed by atoms with van der Waals surface area (Å²) in [5.74, 6) is -0.430. The third-order valence-corrected chi connectivity index (χ3v) is 4.95. The van der Waals surface area contributed by atoms with Gasteiger partial charge in [0.1, 0.15) is 0 Å². The Morgan fingerprint density at radius 2 is 1.48 bits per heavy atom. The molecule has 0 atom stereocenters. The molecule has 5 nitrogen and oxygen atoms in total. The molecule has 0 aliphatic carbocycles. The number of amides is 3. The van der Waals surface area contributed by atoms with Gasteiger partial charge in [-0.2, -0.15) is 0 Å². The number of nitrogens with one attached hydrogen (secondary N) is 1. The Morgan fingerprint density at radius 3 is 2.00 bits per heavy atom. The molecule has 1 saturated heterocycles. The molecule has 0 radical (unpaired) electrons. The summed E-state index contributed by atoms with van der Waals surface area (Å²) in [6.07, 6.45) is 2.27. The van der Waals surface area contributed by atoms with E-state index in [4.69, 9.17) is 0 Å². The highest BCUT2D eigenvalue weighted by molar-refractivity contribution is 6.05. The Balaban J connectivity index is 1.73. The lowest BCUT2D eigenvalue weighted by molar-refractivity contribution is -0.139. The fourth-order valence-electron chi connectivity index (χ4n) is 3.33. The third-order valence-electron chi connectivity index (χ3n) is 4.95. The second-order valence-electron chi connectivity index (χ2n) is 6.68. The largest absolute Gasteiger partial charge is 0.321 e. The van der Waals surface area contributed by atoms with Gasteiger partial charge in [-0.25, -0.2) is 0 Å². The summed E-state index contributed by atoms with van der Waals surface area (Å²) in [6.45, 7) is 4.40. The summed E-state index contributed by atoms with van der Waals surface area (Å²) in [6, 6.07) is 13.1. The van der Waals surface area contributed by atoms with Gasteiger partial charge >= 0.3 is 0 Å². The van der Waals surface area contributed by atoms with E-state index in [2.05, 4.69) is 19.2 Å². The number of imide groups is 1. The van der Waals surface area contributed by atoms with E-state index in [-0.39, 0.29) is 37.1 Å². The number of carbonyl (C=O) groups excluding carboxylic acids is 3. The van der Waals surface area contributed by atoms with Gasteiger partial charge in [-0.05, 0) is 41.7 Å². The van der Waals surface area contributed by atoms with E-state index < -0.39 is 0 Å². The maximum absolute atomic E-state index is 12.7. The predicted molar refractivity (Wildman–Crippen MR) is 104 cm³/mol. The zero-order chi connectivity index (χ0) is 19.4. The average molecular weight is 364 g/mol. The number of nitrogens with zero attached hydrogens (tertiary/aromatic N) is 1. The van der Waals surface area contributed by atoms with Gasteiger partial charge in [-0.3, -0.25) is 19.3 Å². The second-order valence-corrected chi connectivity index (χ2v) is 6.68. The number of hydrogen-bond donors (Lipinski definition) is 1. The third kappa shape index (κ3) is 4.08. The highest BCUT2D eigenvalue weighted by atomic mass is 16.2. The van der Waals surface area contributed by atoms with Crippen LogP contribution in [-0.2, 0) is 29.0 Å². The summed E-state index contributed by atoms with van der Waals surface area (Å²) >= 11 is 0. The number of hydrogen-bond acceptors (Lipinski definition) is 3. The number of rotatable bonds is 6. The Labute approximate surface area is 159 Å². The summed E-state index contributed by atoms with van der Waals surface area (Å²) < 4.78 is 0. The van der Waals surface area contributed by atoms with Crippen LogP contribution in [0.4, 0.5) is 5.69 Å². The molecule has 3 amide bonds. The minimum atomic E-state index is -0.162. The second kappa shape index (κ2) is 8.16. The van der Waals surface area contributed by atoms with Crippen LogP contribution < -0.4 is 5.32 Å². The van der Waals surface area contributed by atoms with Crippen LogP contribution in [0.15, 0.2) is 42.5 Å². The van der Waals surface area contributed by atoms with Crippen LogP contribution in [0.3, 0.4) is 0 Å². The van der Waals surface area contributed by atoms with E-state index in [1.807, 2.05) is 18.2 Å². The minimum Gasteiger partial charge on any atom is -0.321 e. The molecule has 5 heteroatoms. The van der Waals surface area contributed by atoms with Gasteiger partial charge in [0.15, 0.2) is 0 Å². The molecule has 0 bridgehead atoms. The van der Waals surface area contributed by atoms with E-state index in [1.54, 1.807) is 24.3 Å². The molecular weight excluding hydrogens is 340 g/mol. The number of carbonyl (C=O) groups is 3. The number of para-hydroxylation sites is 1. The molecule has 140 valence electrons. The summed E-state index contributed by atoms with van der Waals surface area (Å²) in [7, 11) is 0. The standard InChI is InChI=1S/C22H24N2O3/c1-3-16-6-5-7-17(4-2)21(16)23-22(27)18-10-8-15(9-11-18)14-24-19(25)12-13-20(24)26/h5-11H,3-4,12-14H2,1-2H3,(H,23,27). The van der Waals surface area contributed by atoms with E-state index >= 15 is 0 Å². The maximum atomic E-state index is 12.7. The van der Waals surface area contributed by atoms with E-state index in [9.17, 15) is 14.4 Å². The first kappa shape index (κ1) is 18.8. The molecule has 0 aromatic heterocycles. The van der Waals surface area contributed by atoms with Crippen LogP contribution in [-0.4, -0.2) is 22.6 Å². The van der Waals surface area contributed by atoms with Crippen molar-refractivity contribution in [2.24, 2.45) is 0 Å². The maximum Gasteiger partial charge on any atom is 0.255 e.